The third-order valence-corrected chi connectivity index (χ3v) is 5.09. The van der Waals surface area contributed by atoms with Gasteiger partial charge in [-0.1, -0.05) is 28.1 Å². The number of aromatic nitrogens is 1. The molecular formula is C18H12BrN3O. The highest BCUT2D eigenvalue weighted by Gasteiger charge is 2.52. The molecule has 0 fully saturated rings. The minimum atomic E-state index is -0.906. The van der Waals surface area contributed by atoms with Crippen molar-refractivity contribution >= 4 is 33.2 Å². The molecular weight excluding hydrogens is 354 g/mol. The van der Waals surface area contributed by atoms with E-state index in [9.17, 15) is 4.79 Å². The summed E-state index contributed by atoms with van der Waals surface area (Å²) in [5.74, 6) is -0.0555. The molecule has 1 unspecified atom stereocenters. The second-order valence-corrected chi connectivity index (χ2v) is 6.72. The summed E-state index contributed by atoms with van der Waals surface area (Å²) < 4.78 is 3.03. The Morgan fingerprint density at radius 2 is 1.87 bits per heavy atom. The Balaban J connectivity index is 1.87. The van der Waals surface area contributed by atoms with Crippen molar-refractivity contribution in [1.82, 2.24) is 4.57 Å². The van der Waals surface area contributed by atoms with E-state index in [0.29, 0.717) is 0 Å². The maximum absolute atomic E-state index is 13.0. The summed E-state index contributed by atoms with van der Waals surface area (Å²) in [4.78, 5) is 13.0. The van der Waals surface area contributed by atoms with Gasteiger partial charge in [-0.05, 0) is 42.5 Å². The number of fused-ring (bicyclic) bond motifs is 6. The van der Waals surface area contributed by atoms with E-state index in [1.54, 1.807) is 0 Å². The highest BCUT2D eigenvalue weighted by atomic mass is 79.9. The first-order chi connectivity index (χ1) is 11.2. The monoisotopic (exact) mass is 365 g/mol. The number of nitrogens with zero attached hydrogens (tertiary/aromatic N) is 1. The summed E-state index contributed by atoms with van der Waals surface area (Å²) in [5.41, 5.74) is 3.79. The van der Waals surface area contributed by atoms with Crippen LogP contribution in [0.4, 0.5) is 11.4 Å². The third-order valence-electron chi connectivity index (χ3n) is 4.59. The number of anilines is 2. The first-order valence-electron chi connectivity index (χ1n) is 7.37. The zero-order valence-electron chi connectivity index (χ0n) is 12.0. The lowest BCUT2D eigenvalue weighted by Gasteiger charge is -2.36. The number of rotatable bonds is 0. The van der Waals surface area contributed by atoms with Gasteiger partial charge < -0.3 is 15.2 Å². The van der Waals surface area contributed by atoms with Gasteiger partial charge in [-0.25, -0.2) is 0 Å². The van der Waals surface area contributed by atoms with E-state index in [1.807, 2.05) is 60.8 Å². The lowest BCUT2D eigenvalue weighted by atomic mass is 9.85. The fourth-order valence-electron chi connectivity index (χ4n) is 3.60. The summed E-state index contributed by atoms with van der Waals surface area (Å²) in [6.07, 6.45) is 2.00. The summed E-state index contributed by atoms with van der Waals surface area (Å²) in [5, 5.41) is 6.51. The van der Waals surface area contributed by atoms with E-state index in [1.165, 1.54) is 0 Å². The van der Waals surface area contributed by atoms with Gasteiger partial charge in [0.15, 0.2) is 5.54 Å². The molecule has 0 aliphatic carbocycles. The molecule has 2 aromatic carbocycles. The van der Waals surface area contributed by atoms with Gasteiger partial charge in [-0.15, -0.1) is 0 Å². The van der Waals surface area contributed by atoms with Gasteiger partial charge in [-0.2, -0.15) is 0 Å². The third kappa shape index (κ3) is 1.52. The summed E-state index contributed by atoms with van der Waals surface area (Å²) >= 11 is 3.52. The molecule has 1 aromatic heterocycles. The zero-order valence-corrected chi connectivity index (χ0v) is 13.6. The van der Waals surface area contributed by atoms with Crippen molar-refractivity contribution < 1.29 is 4.79 Å². The summed E-state index contributed by atoms with van der Waals surface area (Å²) in [6, 6.07) is 17.9. The van der Waals surface area contributed by atoms with Crippen LogP contribution in [0.3, 0.4) is 0 Å². The molecule has 1 spiro atoms. The van der Waals surface area contributed by atoms with Crippen LogP contribution in [0.2, 0.25) is 0 Å². The Bertz CT molecular complexity index is 978. The second-order valence-electron chi connectivity index (χ2n) is 5.80. The average Bonchev–Trinajstić information content (AvgIpc) is 3.14. The van der Waals surface area contributed by atoms with Crippen LogP contribution in [0.1, 0.15) is 11.3 Å². The van der Waals surface area contributed by atoms with E-state index in [4.69, 9.17) is 0 Å². The van der Waals surface area contributed by atoms with Gasteiger partial charge >= 0.3 is 0 Å². The van der Waals surface area contributed by atoms with E-state index in [0.717, 1.165) is 32.8 Å². The van der Waals surface area contributed by atoms with Crippen molar-refractivity contribution in [2.24, 2.45) is 0 Å². The van der Waals surface area contributed by atoms with E-state index in [2.05, 4.69) is 31.1 Å². The van der Waals surface area contributed by atoms with Crippen LogP contribution in [0.15, 0.2) is 65.3 Å². The van der Waals surface area contributed by atoms with E-state index >= 15 is 0 Å². The highest BCUT2D eigenvalue weighted by Crippen LogP contribution is 2.48. The van der Waals surface area contributed by atoms with Gasteiger partial charge in [-0.3, -0.25) is 4.79 Å². The van der Waals surface area contributed by atoms with Crippen LogP contribution >= 0.6 is 15.9 Å². The number of carbonyl (C=O) groups is 1. The van der Waals surface area contributed by atoms with E-state index in [-0.39, 0.29) is 5.91 Å². The number of para-hydroxylation sites is 2. The van der Waals surface area contributed by atoms with Crippen LogP contribution in [-0.4, -0.2) is 10.5 Å². The molecule has 0 radical (unpaired) electrons. The van der Waals surface area contributed by atoms with Gasteiger partial charge in [0.2, 0.25) is 0 Å². The maximum atomic E-state index is 13.0. The van der Waals surface area contributed by atoms with Crippen molar-refractivity contribution in [3.63, 3.8) is 0 Å². The molecule has 112 valence electrons. The van der Waals surface area contributed by atoms with Crippen molar-refractivity contribution in [1.29, 1.82) is 0 Å². The molecule has 1 atom stereocenters. The van der Waals surface area contributed by atoms with E-state index < -0.39 is 5.54 Å². The number of benzene rings is 2. The largest absolute Gasteiger partial charge is 0.361 e. The number of amides is 1. The Morgan fingerprint density at radius 1 is 1.00 bits per heavy atom. The van der Waals surface area contributed by atoms with Crippen LogP contribution < -0.4 is 10.6 Å². The predicted molar refractivity (Wildman–Crippen MR) is 92.9 cm³/mol. The molecule has 5 rings (SSSR count). The molecule has 0 saturated heterocycles. The molecule has 4 nitrogen and oxygen atoms in total. The predicted octanol–water partition coefficient (Wildman–Crippen LogP) is 3.86. The average molecular weight is 366 g/mol. The number of nitrogens with one attached hydrogen (secondary N) is 2. The molecule has 3 aromatic rings. The molecule has 3 heterocycles. The topological polar surface area (TPSA) is 46.1 Å². The fourth-order valence-corrected chi connectivity index (χ4v) is 3.97. The minimum absolute atomic E-state index is 0.0555. The Hall–Kier alpha value is -2.53. The Kier molecular flexibility index (Phi) is 2.40. The van der Waals surface area contributed by atoms with Crippen LogP contribution in [0, 0.1) is 0 Å². The molecule has 0 saturated carbocycles. The molecule has 2 aliphatic heterocycles. The quantitative estimate of drug-likeness (QED) is 0.635. The highest BCUT2D eigenvalue weighted by molar-refractivity contribution is 9.10. The van der Waals surface area contributed by atoms with Crippen molar-refractivity contribution in [2.45, 2.75) is 5.54 Å². The van der Waals surface area contributed by atoms with Crippen LogP contribution in [0.25, 0.3) is 5.69 Å². The Morgan fingerprint density at radius 3 is 2.78 bits per heavy atom. The molecule has 2 aliphatic rings. The van der Waals surface area contributed by atoms with Crippen molar-refractivity contribution in [3.8, 4) is 5.69 Å². The number of hydrogen-bond donors (Lipinski definition) is 2. The minimum Gasteiger partial charge on any atom is -0.361 e. The first kappa shape index (κ1) is 13.0. The first-order valence-corrected chi connectivity index (χ1v) is 8.16. The van der Waals surface area contributed by atoms with Crippen molar-refractivity contribution in [2.75, 3.05) is 10.6 Å². The number of carbonyl (C=O) groups excluding carboxylic acids is 1. The zero-order chi connectivity index (χ0) is 15.6. The molecule has 23 heavy (non-hydrogen) atoms. The molecule has 2 N–H and O–H groups in total. The molecule has 5 heteroatoms. The standard InChI is InChI=1S/C18H12BrN3O/c19-11-7-8-13-12(10-11)18(17(23)20-13)16-6-3-9-22(16)15-5-2-1-4-14(15)21-18/h1-10,21H,(H,20,23). The Labute approximate surface area is 141 Å². The fraction of sp³-hybridized carbons (Fsp3) is 0.0556. The summed E-state index contributed by atoms with van der Waals surface area (Å²) in [6.45, 7) is 0. The number of hydrogen-bond acceptors (Lipinski definition) is 2. The van der Waals surface area contributed by atoms with Gasteiger partial charge in [0, 0.05) is 21.9 Å². The summed E-state index contributed by atoms with van der Waals surface area (Å²) in [7, 11) is 0. The normalized spacial score (nSPS) is 20.5. The second kappa shape index (κ2) is 4.26. The van der Waals surface area contributed by atoms with Gasteiger partial charge in [0.05, 0.1) is 17.1 Å². The smallest absolute Gasteiger partial charge is 0.261 e. The van der Waals surface area contributed by atoms with Gasteiger partial charge in [0.25, 0.3) is 5.91 Å². The molecule has 0 bridgehead atoms. The van der Waals surface area contributed by atoms with Crippen LogP contribution in [-0.2, 0) is 10.3 Å². The van der Waals surface area contributed by atoms with Crippen LogP contribution in [0.5, 0.6) is 0 Å². The van der Waals surface area contributed by atoms with Crippen molar-refractivity contribution in [3.05, 3.63) is 76.5 Å². The number of halogens is 1. The lowest BCUT2D eigenvalue weighted by molar-refractivity contribution is -0.118. The SMILES string of the molecule is O=C1Nc2ccc(Br)cc2C12Nc1ccccc1-n1cccc12. The molecule has 1 amide bonds. The van der Waals surface area contributed by atoms with Gasteiger partial charge in [0.1, 0.15) is 0 Å². The maximum Gasteiger partial charge on any atom is 0.261 e. The lowest BCUT2D eigenvalue weighted by Crippen LogP contribution is -2.47.